The fourth-order valence-electron chi connectivity index (χ4n) is 1.56. The average molecular weight is 230 g/mol. The summed E-state index contributed by atoms with van der Waals surface area (Å²) >= 11 is 0. The van der Waals surface area contributed by atoms with Gasteiger partial charge in [-0.25, -0.2) is 4.79 Å². The van der Waals surface area contributed by atoms with E-state index in [-0.39, 0.29) is 18.7 Å². The largest absolute Gasteiger partial charge is 0.444 e. The zero-order chi connectivity index (χ0) is 12.2. The minimum absolute atomic E-state index is 0.124. The first-order chi connectivity index (χ1) is 7.44. The third kappa shape index (κ3) is 3.98. The molecular formula is C11H22N2O3. The molecular weight excluding hydrogens is 208 g/mol. The fourth-order valence-corrected chi connectivity index (χ4v) is 1.56. The Morgan fingerprint density at radius 3 is 2.69 bits per heavy atom. The van der Waals surface area contributed by atoms with Crippen molar-refractivity contribution < 1.29 is 14.6 Å². The number of amides is 1. The summed E-state index contributed by atoms with van der Waals surface area (Å²) in [7, 11) is 0. The number of carbonyl (C=O) groups is 1. The number of nitrogens with one attached hydrogen (secondary N) is 1. The molecule has 0 aromatic heterocycles. The van der Waals surface area contributed by atoms with Crippen LogP contribution in [0.2, 0.25) is 0 Å². The first-order valence-electron chi connectivity index (χ1n) is 5.75. The monoisotopic (exact) mass is 230 g/mol. The number of hydrogen-bond acceptors (Lipinski definition) is 4. The molecule has 5 heteroatoms. The predicted octanol–water partition coefficient (Wildman–Crippen LogP) is 0.578. The van der Waals surface area contributed by atoms with E-state index in [1.54, 1.807) is 4.90 Å². The second-order valence-electron chi connectivity index (χ2n) is 5.04. The van der Waals surface area contributed by atoms with Crippen molar-refractivity contribution in [3.05, 3.63) is 0 Å². The summed E-state index contributed by atoms with van der Waals surface area (Å²) in [6.45, 7) is 7.77. The molecule has 1 rings (SSSR count). The van der Waals surface area contributed by atoms with Crippen LogP contribution in [-0.2, 0) is 4.74 Å². The van der Waals surface area contributed by atoms with Gasteiger partial charge in [-0.2, -0.15) is 0 Å². The lowest BCUT2D eigenvalue weighted by Gasteiger charge is -2.41. The Morgan fingerprint density at radius 2 is 2.25 bits per heavy atom. The van der Waals surface area contributed by atoms with E-state index < -0.39 is 5.60 Å². The highest BCUT2D eigenvalue weighted by Gasteiger charge is 2.34. The van der Waals surface area contributed by atoms with Gasteiger partial charge in [0.15, 0.2) is 0 Å². The van der Waals surface area contributed by atoms with Crippen molar-refractivity contribution in [3.63, 3.8) is 0 Å². The van der Waals surface area contributed by atoms with E-state index in [1.165, 1.54) is 0 Å². The number of hydrogen-bond donors (Lipinski definition) is 2. The van der Waals surface area contributed by atoms with E-state index in [4.69, 9.17) is 9.84 Å². The molecule has 1 saturated heterocycles. The molecule has 1 atom stereocenters. The lowest BCUT2D eigenvalue weighted by atomic mass is 10.0. The summed E-state index contributed by atoms with van der Waals surface area (Å²) in [5.74, 6) is 0. The summed E-state index contributed by atoms with van der Waals surface area (Å²) in [5.41, 5.74) is -0.435. The van der Waals surface area contributed by atoms with Crippen LogP contribution in [0.1, 0.15) is 27.2 Å². The fraction of sp³-hybridized carbons (Fsp3) is 0.909. The van der Waals surface area contributed by atoms with Gasteiger partial charge in [0.05, 0.1) is 6.61 Å². The van der Waals surface area contributed by atoms with Gasteiger partial charge >= 0.3 is 6.09 Å². The van der Waals surface area contributed by atoms with Crippen LogP contribution >= 0.6 is 0 Å². The van der Waals surface area contributed by atoms with E-state index in [9.17, 15) is 4.79 Å². The third-order valence-electron chi connectivity index (χ3n) is 2.44. The molecule has 2 N–H and O–H groups in total. The molecule has 1 heterocycles. The van der Waals surface area contributed by atoms with Gasteiger partial charge in [-0.15, -0.1) is 0 Å². The number of rotatable bonds is 4. The number of ether oxygens (including phenoxy) is 1. The topological polar surface area (TPSA) is 61.8 Å². The first kappa shape index (κ1) is 13.3. The van der Waals surface area contributed by atoms with Crippen molar-refractivity contribution in [2.45, 2.75) is 38.8 Å². The Kier molecular flexibility index (Phi) is 4.56. The second kappa shape index (κ2) is 5.50. The Bertz CT molecular complexity index is 238. The summed E-state index contributed by atoms with van der Waals surface area (Å²) < 4.78 is 5.29. The van der Waals surface area contributed by atoms with Gasteiger partial charge in [0, 0.05) is 25.7 Å². The minimum Gasteiger partial charge on any atom is -0.444 e. The van der Waals surface area contributed by atoms with Gasteiger partial charge in [-0.05, 0) is 27.2 Å². The molecule has 0 aromatic carbocycles. The zero-order valence-corrected chi connectivity index (χ0v) is 10.3. The highest BCUT2D eigenvalue weighted by Crippen LogP contribution is 2.20. The molecule has 1 aliphatic rings. The molecule has 1 fully saturated rings. The molecule has 0 aromatic rings. The average Bonchev–Trinajstić information content (AvgIpc) is 2.07. The van der Waals surface area contributed by atoms with Crippen LogP contribution in [0.3, 0.4) is 0 Å². The molecule has 5 nitrogen and oxygen atoms in total. The van der Waals surface area contributed by atoms with Crippen molar-refractivity contribution >= 4 is 6.09 Å². The van der Waals surface area contributed by atoms with E-state index in [0.717, 1.165) is 19.5 Å². The Morgan fingerprint density at radius 1 is 1.56 bits per heavy atom. The maximum absolute atomic E-state index is 11.7. The summed E-state index contributed by atoms with van der Waals surface area (Å²) in [6, 6.07) is 0.210. The van der Waals surface area contributed by atoms with Crippen molar-refractivity contribution in [2.24, 2.45) is 0 Å². The van der Waals surface area contributed by atoms with Crippen LogP contribution in [0.4, 0.5) is 4.79 Å². The zero-order valence-electron chi connectivity index (χ0n) is 10.3. The molecule has 1 amide bonds. The lowest BCUT2D eigenvalue weighted by Crippen LogP contribution is -2.56. The molecule has 0 saturated carbocycles. The van der Waals surface area contributed by atoms with Gasteiger partial charge in [0.2, 0.25) is 0 Å². The minimum atomic E-state index is -0.435. The third-order valence-corrected chi connectivity index (χ3v) is 2.44. The van der Waals surface area contributed by atoms with Gasteiger partial charge < -0.3 is 20.1 Å². The first-order valence-corrected chi connectivity index (χ1v) is 5.75. The standard InChI is InChI=1S/C11H22N2O3/c1-11(2,3)16-10(15)13-6-4-9(13)8-12-5-7-14/h9,12,14H,4-8H2,1-3H3. The van der Waals surface area contributed by atoms with Crippen LogP contribution in [0.15, 0.2) is 0 Å². The summed E-state index contributed by atoms with van der Waals surface area (Å²) in [4.78, 5) is 13.4. The van der Waals surface area contributed by atoms with Crippen LogP contribution in [0.25, 0.3) is 0 Å². The van der Waals surface area contributed by atoms with Crippen LogP contribution in [0.5, 0.6) is 0 Å². The second-order valence-corrected chi connectivity index (χ2v) is 5.04. The summed E-state index contributed by atoms with van der Waals surface area (Å²) in [5, 5.41) is 11.7. The van der Waals surface area contributed by atoms with E-state index in [0.29, 0.717) is 6.54 Å². The summed E-state index contributed by atoms with van der Waals surface area (Å²) in [6.07, 6.45) is 0.757. The molecule has 0 radical (unpaired) electrons. The van der Waals surface area contributed by atoms with E-state index in [1.807, 2.05) is 20.8 Å². The molecule has 1 aliphatic heterocycles. The number of nitrogens with zero attached hydrogens (tertiary/aromatic N) is 1. The maximum atomic E-state index is 11.7. The van der Waals surface area contributed by atoms with Crippen molar-refractivity contribution in [2.75, 3.05) is 26.2 Å². The predicted molar refractivity (Wildman–Crippen MR) is 61.3 cm³/mol. The van der Waals surface area contributed by atoms with Crippen LogP contribution < -0.4 is 5.32 Å². The van der Waals surface area contributed by atoms with E-state index >= 15 is 0 Å². The molecule has 0 spiro atoms. The quantitative estimate of drug-likeness (QED) is 0.693. The van der Waals surface area contributed by atoms with Crippen LogP contribution in [-0.4, -0.2) is 54.0 Å². The Labute approximate surface area is 96.8 Å². The smallest absolute Gasteiger partial charge is 0.410 e. The number of aliphatic hydroxyl groups excluding tert-OH is 1. The maximum Gasteiger partial charge on any atom is 0.410 e. The normalized spacial score (nSPS) is 20.5. The number of carbonyl (C=O) groups excluding carboxylic acids is 1. The molecule has 16 heavy (non-hydrogen) atoms. The lowest BCUT2D eigenvalue weighted by molar-refractivity contribution is -0.00496. The highest BCUT2D eigenvalue weighted by molar-refractivity contribution is 5.69. The molecule has 0 aliphatic carbocycles. The van der Waals surface area contributed by atoms with Crippen molar-refractivity contribution in [1.82, 2.24) is 10.2 Å². The number of likely N-dealkylation sites (tertiary alicyclic amines) is 1. The van der Waals surface area contributed by atoms with Gasteiger partial charge in [-0.1, -0.05) is 0 Å². The van der Waals surface area contributed by atoms with Crippen molar-refractivity contribution in [1.29, 1.82) is 0 Å². The highest BCUT2D eigenvalue weighted by atomic mass is 16.6. The van der Waals surface area contributed by atoms with Gasteiger partial charge in [-0.3, -0.25) is 0 Å². The van der Waals surface area contributed by atoms with Gasteiger partial charge in [0.1, 0.15) is 5.60 Å². The Hall–Kier alpha value is -0.810. The van der Waals surface area contributed by atoms with E-state index in [2.05, 4.69) is 5.32 Å². The van der Waals surface area contributed by atoms with Gasteiger partial charge in [0.25, 0.3) is 0 Å². The molecule has 94 valence electrons. The molecule has 1 unspecified atom stereocenters. The van der Waals surface area contributed by atoms with Crippen molar-refractivity contribution in [3.8, 4) is 0 Å². The SMILES string of the molecule is CC(C)(C)OC(=O)N1CCC1CNCCO. The van der Waals surface area contributed by atoms with Crippen LogP contribution in [0, 0.1) is 0 Å². The number of aliphatic hydroxyl groups is 1. The Balaban J connectivity index is 2.29. The molecule has 0 bridgehead atoms.